The van der Waals surface area contributed by atoms with Gasteiger partial charge in [0, 0.05) is 44.0 Å². The summed E-state index contributed by atoms with van der Waals surface area (Å²) in [6.45, 7) is 3.24. The van der Waals surface area contributed by atoms with Crippen molar-refractivity contribution in [3.8, 4) is 5.75 Å². The molecule has 1 aromatic heterocycles. The number of esters is 1. The zero-order chi connectivity index (χ0) is 19.2. The SMILES string of the molecule is CCOC(=O)COc1cccc(NC(=O)[C@H]2CNC[C@@H]2c2cnn(C)c2)c1. The van der Waals surface area contributed by atoms with Gasteiger partial charge in [-0.1, -0.05) is 6.07 Å². The van der Waals surface area contributed by atoms with Crippen molar-refractivity contribution in [3.63, 3.8) is 0 Å². The van der Waals surface area contributed by atoms with Crippen molar-refractivity contribution in [1.29, 1.82) is 0 Å². The van der Waals surface area contributed by atoms with Gasteiger partial charge < -0.3 is 20.1 Å². The maximum atomic E-state index is 12.8. The fraction of sp³-hybridized carbons (Fsp3) is 0.421. The summed E-state index contributed by atoms with van der Waals surface area (Å²) in [4.78, 5) is 24.2. The van der Waals surface area contributed by atoms with E-state index in [4.69, 9.17) is 9.47 Å². The number of hydrogen-bond acceptors (Lipinski definition) is 6. The summed E-state index contributed by atoms with van der Waals surface area (Å²) < 4.78 is 12.0. The minimum atomic E-state index is -0.428. The Balaban J connectivity index is 1.62. The molecule has 0 saturated carbocycles. The van der Waals surface area contributed by atoms with E-state index >= 15 is 0 Å². The Bertz CT molecular complexity index is 805. The molecule has 1 fully saturated rings. The molecule has 0 bridgehead atoms. The molecule has 2 atom stereocenters. The lowest BCUT2D eigenvalue weighted by Gasteiger charge is -2.17. The van der Waals surface area contributed by atoms with Gasteiger partial charge in [-0.15, -0.1) is 0 Å². The van der Waals surface area contributed by atoms with Crippen LogP contribution >= 0.6 is 0 Å². The van der Waals surface area contributed by atoms with Crippen LogP contribution in [-0.2, 0) is 21.4 Å². The number of benzene rings is 1. The summed E-state index contributed by atoms with van der Waals surface area (Å²) in [6, 6.07) is 6.97. The number of aryl methyl sites for hydroxylation is 1. The van der Waals surface area contributed by atoms with Crippen molar-refractivity contribution in [2.24, 2.45) is 13.0 Å². The van der Waals surface area contributed by atoms with E-state index in [1.165, 1.54) is 0 Å². The Morgan fingerprint density at radius 3 is 2.96 bits per heavy atom. The Morgan fingerprint density at radius 1 is 1.37 bits per heavy atom. The number of anilines is 1. The average molecular weight is 372 g/mol. The first-order valence-electron chi connectivity index (χ1n) is 8.95. The van der Waals surface area contributed by atoms with Crippen LogP contribution in [0.25, 0.3) is 0 Å². The van der Waals surface area contributed by atoms with Crippen LogP contribution in [0.1, 0.15) is 18.4 Å². The molecule has 8 heteroatoms. The average Bonchev–Trinajstić information content (AvgIpc) is 3.29. The molecular weight excluding hydrogens is 348 g/mol. The quantitative estimate of drug-likeness (QED) is 0.712. The molecule has 1 aromatic carbocycles. The lowest BCUT2D eigenvalue weighted by atomic mass is 9.90. The molecule has 144 valence electrons. The van der Waals surface area contributed by atoms with E-state index in [9.17, 15) is 9.59 Å². The van der Waals surface area contributed by atoms with Crippen molar-refractivity contribution in [2.75, 3.05) is 31.6 Å². The van der Waals surface area contributed by atoms with Crippen molar-refractivity contribution >= 4 is 17.6 Å². The van der Waals surface area contributed by atoms with Crippen LogP contribution in [0, 0.1) is 5.92 Å². The summed E-state index contributed by atoms with van der Waals surface area (Å²) >= 11 is 0. The van der Waals surface area contributed by atoms with Gasteiger partial charge in [0.25, 0.3) is 0 Å². The molecule has 27 heavy (non-hydrogen) atoms. The van der Waals surface area contributed by atoms with E-state index in [1.807, 2.05) is 19.4 Å². The molecule has 1 saturated heterocycles. The number of hydrogen-bond donors (Lipinski definition) is 2. The lowest BCUT2D eigenvalue weighted by molar-refractivity contribution is -0.145. The van der Waals surface area contributed by atoms with Gasteiger partial charge in [0.1, 0.15) is 5.75 Å². The van der Waals surface area contributed by atoms with Gasteiger partial charge in [-0.3, -0.25) is 9.48 Å². The third kappa shape index (κ3) is 4.85. The summed E-state index contributed by atoms with van der Waals surface area (Å²) in [6.07, 6.45) is 3.75. The monoisotopic (exact) mass is 372 g/mol. The molecule has 2 N–H and O–H groups in total. The maximum absolute atomic E-state index is 12.8. The minimum Gasteiger partial charge on any atom is -0.482 e. The molecular formula is C19H24N4O4. The van der Waals surface area contributed by atoms with Crippen LogP contribution in [0.3, 0.4) is 0 Å². The fourth-order valence-electron chi connectivity index (χ4n) is 3.18. The highest BCUT2D eigenvalue weighted by atomic mass is 16.6. The standard InChI is InChI=1S/C19H24N4O4/c1-3-26-18(24)12-27-15-6-4-5-14(7-15)22-19(25)17-10-20-9-16(17)13-8-21-23(2)11-13/h4-8,11,16-17,20H,3,9-10,12H2,1-2H3,(H,22,25)/t16-,17+/m1/s1. The summed E-state index contributed by atoms with van der Waals surface area (Å²) in [5.74, 6) is -0.0888. The Hall–Kier alpha value is -2.87. The number of aromatic nitrogens is 2. The molecule has 0 radical (unpaired) electrons. The molecule has 0 unspecified atom stereocenters. The number of carbonyl (C=O) groups is 2. The Kier molecular flexibility index (Phi) is 6.08. The van der Waals surface area contributed by atoms with Gasteiger partial charge in [0.2, 0.25) is 5.91 Å². The van der Waals surface area contributed by atoms with Crippen LogP contribution in [0.2, 0.25) is 0 Å². The van der Waals surface area contributed by atoms with Crippen molar-refractivity contribution in [1.82, 2.24) is 15.1 Å². The van der Waals surface area contributed by atoms with Crippen LogP contribution < -0.4 is 15.4 Å². The smallest absolute Gasteiger partial charge is 0.344 e. The second-order valence-corrected chi connectivity index (χ2v) is 6.43. The third-order valence-electron chi connectivity index (χ3n) is 4.47. The van der Waals surface area contributed by atoms with E-state index in [2.05, 4.69) is 15.7 Å². The first-order chi connectivity index (χ1) is 13.1. The highest BCUT2D eigenvalue weighted by Gasteiger charge is 2.34. The number of carbonyl (C=O) groups excluding carboxylic acids is 2. The summed E-state index contributed by atoms with van der Waals surface area (Å²) in [5, 5.41) is 10.4. The summed E-state index contributed by atoms with van der Waals surface area (Å²) in [5.41, 5.74) is 1.67. The lowest BCUT2D eigenvalue weighted by Crippen LogP contribution is -2.28. The van der Waals surface area contributed by atoms with Crippen LogP contribution in [0.5, 0.6) is 5.75 Å². The predicted molar refractivity (Wildman–Crippen MR) is 99.5 cm³/mol. The predicted octanol–water partition coefficient (Wildman–Crippen LogP) is 1.30. The largest absolute Gasteiger partial charge is 0.482 e. The van der Waals surface area contributed by atoms with Gasteiger partial charge in [0.15, 0.2) is 6.61 Å². The first kappa shape index (κ1) is 18.9. The molecule has 3 rings (SSSR count). The zero-order valence-electron chi connectivity index (χ0n) is 15.5. The van der Waals surface area contributed by atoms with Gasteiger partial charge >= 0.3 is 5.97 Å². The number of nitrogens with zero attached hydrogens (tertiary/aromatic N) is 2. The van der Waals surface area contributed by atoms with Gasteiger partial charge in [-0.05, 0) is 24.6 Å². The minimum absolute atomic E-state index is 0.0589. The van der Waals surface area contributed by atoms with Crippen LogP contribution in [0.15, 0.2) is 36.7 Å². The van der Waals surface area contributed by atoms with Crippen LogP contribution in [-0.4, -0.2) is 48.0 Å². The highest BCUT2D eigenvalue weighted by Crippen LogP contribution is 2.29. The number of ether oxygens (including phenoxy) is 2. The van der Waals surface area contributed by atoms with Gasteiger partial charge in [-0.2, -0.15) is 5.10 Å². The Morgan fingerprint density at radius 2 is 2.22 bits per heavy atom. The first-order valence-corrected chi connectivity index (χ1v) is 8.95. The maximum Gasteiger partial charge on any atom is 0.344 e. The molecule has 2 aromatic rings. The zero-order valence-corrected chi connectivity index (χ0v) is 15.5. The second-order valence-electron chi connectivity index (χ2n) is 6.43. The summed E-state index contributed by atoms with van der Waals surface area (Å²) in [7, 11) is 1.86. The van der Waals surface area contributed by atoms with Crippen molar-refractivity contribution < 1.29 is 19.1 Å². The van der Waals surface area contributed by atoms with Gasteiger partial charge in [-0.25, -0.2) is 4.79 Å². The number of rotatable bonds is 7. The molecule has 1 aliphatic heterocycles. The normalized spacial score (nSPS) is 18.9. The van der Waals surface area contributed by atoms with E-state index in [-0.39, 0.29) is 24.3 Å². The third-order valence-corrected chi connectivity index (χ3v) is 4.47. The van der Waals surface area contributed by atoms with Crippen molar-refractivity contribution in [2.45, 2.75) is 12.8 Å². The van der Waals surface area contributed by atoms with Gasteiger partial charge in [0.05, 0.1) is 18.7 Å². The molecule has 1 aliphatic rings. The molecule has 1 amide bonds. The van der Waals surface area contributed by atoms with E-state index in [0.717, 1.165) is 12.1 Å². The molecule has 8 nitrogen and oxygen atoms in total. The number of nitrogens with one attached hydrogen (secondary N) is 2. The Labute approximate surface area is 157 Å². The van der Waals surface area contributed by atoms with Crippen molar-refractivity contribution in [3.05, 3.63) is 42.2 Å². The molecule has 0 spiro atoms. The second kappa shape index (κ2) is 8.68. The molecule has 0 aliphatic carbocycles. The van der Waals surface area contributed by atoms with E-state index < -0.39 is 5.97 Å². The molecule has 2 heterocycles. The van der Waals surface area contributed by atoms with Crippen LogP contribution in [0.4, 0.5) is 5.69 Å². The van der Waals surface area contributed by atoms with E-state index in [1.54, 1.807) is 35.9 Å². The highest BCUT2D eigenvalue weighted by molar-refractivity contribution is 5.93. The van der Waals surface area contributed by atoms with E-state index in [0.29, 0.717) is 24.6 Å². The number of amides is 1. The fourth-order valence-corrected chi connectivity index (χ4v) is 3.18. The topological polar surface area (TPSA) is 94.5 Å².